The molecule has 5 nitrogen and oxygen atoms in total. The van der Waals surface area contributed by atoms with Gasteiger partial charge in [0.15, 0.2) is 11.5 Å². The van der Waals surface area contributed by atoms with Gasteiger partial charge in [-0.05, 0) is 28.1 Å². The van der Waals surface area contributed by atoms with Crippen LogP contribution in [0, 0.1) is 0 Å². The number of halogens is 1. The third kappa shape index (κ3) is 1.37. The van der Waals surface area contributed by atoms with E-state index in [9.17, 15) is 0 Å². The SMILES string of the molecule is N/N=C(/N)c1cc(Br)c2c(c1)OCO2. The van der Waals surface area contributed by atoms with Crippen molar-refractivity contribution in [3.05, 3.63) is 22.2 Å². The summed E-state index contributed by atoms with van der Waals surface area (Å²) < 4.78 is 11.2. The molecule has 1 aliphatic heterocycles. The summed E-state index contributed by atoms with van der Waals surface area (Å²) in [5, 5.41) is 3.40. The molecule has 1 aromatic rings. The predicted octanol–water partition coefficient (Wildman–Crippen LogP) is 0.757. The molecule has 0 atom stereocenters. The van der Waals surface area contributed by atoms with Crippen molar-refractivity contribution in [3.8, 4) is 11.5 Å². The van der Waals surface area contributed by atoms with Crippen LogP contribution in [0.2, 0.25) is 0 Å². The van der Waals surface area contributed by atoms with Gasteiger partial charge in [-0.2, -0.15) is 5.10 Å². The van der Waals surface area contributed by atoms with Crippen LogP contribution in [0.1, 0.15) is 5.56 Å². The second kappa shape index (κ2) is 3.38. The van der Waals surface area contributed by atoms with Gasteiger partial charge in [-0.3, -0.25) is 0 Å². The van der Waals surface area contributed by atoms with E-state index in [0.717, 1.165) is 4.47 Å². The highest BCUT2D eigenvalue weighted by atomic mass is 79.9. The van der Waals surface area contributed by atoms with Crippen LogP contribution in [-0.4, -0.2) is 12.6 Å². The third-order valence-electron chi connectivity index (χ3n) is 1.86. The summed E-state index contributed by atoms with van der Waals surface area (Å²) in [4.78, 5) is 0. The number of amidine groups is 1. The molecule has 0 saturated heterocycles. The maximum Gasteiger partial charge on any atom is 0.231 e. The van der Waals surface area contributed by atoms with Crippen molar-refractivity contribution in [2.45, 2.75) is 0 Å². The fourth-order valence-corrected chi connectivity index (χ4v) is 1.75. The van der Waals surface area contributed by atoms with Gasteiger partial charge in [0, 0.05) is 5.56 Å². The largest absolute Gasteiger partial charge is 0.454 e. The molecule has 14 heavy (non-hydrogen) atoms. The van der Waals surface area contributed by atoms with E-state index in [1.807, 2.05) is 0 Å². The zero-order chi connectivity index (χ0) is 10.1. The van der Waals surface area contributed by atoms with Crippen molar-refractivity contribution in [2.24, 2.45) is 16.7 Å². The monoisotopic (exact) mass is 257 g/mol. The Bertz CT molecular complexity index is 406. The molecule has 0 bridgehead atoms. The maximum atomic E-state index is 5.57. The van der Waals surface area contributed by atoms with Crippen LogP contribution in [-0.2, 0) is 0 Å². The maximum absolute atomic E-state index is 5.57. The van der Waals surface area contributed by atoms with Crippen LogP contribution in [0.25, 0.3) is 0 Å². The average molecular weight is 258 g/mol. The Morgan fingerprint density at radius 2 is 2.21 bits per heavy atom. The summed E-state index contributed by atoms with van der Waals surface area (Å²) in [6.07, 6.45) is 0. The number of hydrogen-bond acceptors (Lipinski definition) is 4. The minimum absolute atomic E-state index is 0.219. The summed E-state index contributed by atoms with van der Waals surface area (Å²) in [5.41, 5.74) is 6.26. The highest BCUT2D eigenvalue weighted by Crippen LogP contribution is 2.39. The molecular weight excluding hydrogens is 250 g/mol. The Kier molecular flexibility index (Phi) is 2.20. The fraction of sp³-hybridized carbons (Fsp3) is 0.125. The van der Waals surface area contributed by atoms with Crippen LogP contribution in [0.3, 0.4) is 0 Å². The van der Waals surface area contributed by atoms with Gasteiger partial charge in [0.25, 0.3) is 0 Å². The quantitative estimate of drug-likeness (QED) is 0.337. The number of nitrogens with zero attached hydrogens (tertiary/aromatic N) is 1. The molecule has 0 spiro atoms. The van der Waals surface area contributed by atoms with E-state index in [1.54, 1.807) is 12.1 Å². The lowest BCUT2D eigenvalue weighted by molar-refractivity contribution is 0.173. The topological polar surface area (TPSA) is 82.9 Å². The van der Waals surface area contributed by atoms with E-state index in [4.69, 9.17) is 21.1 Å². The summed E-state index contributed by atoms with van der Waals surface area (Å²) in [6.45, 7) is 0.219. The molecule has 2 rings (SSSR count). The first-order chi connectivity index (χ1) is 6.72. The first-order valence-electron chi connectivity index (χ1n) is 3.85. The number of rotatable bonds is 1. The summed E-state index contributed by atoms with van der Waals surface area (Å²) >= 11 is 3.34. The first-order valence-corrected chi connectivity index (χ1v) is 4.64. The standard InChI is InChI=1S/C8H8BrN3O2/c9-5-1-4(8(10)12-11)2-6-7(5)14-3-13-6/h1-2H,3,11H2,(H2,10,12). The van der Waals surface area contributed by atoms with Gasteiger partial charge in [0.1, 0.15) is 5.84 Å². The number of ether oxygens (including phenoxy) is 2. The van der Waals surface area contributed by atoms with Gasteiger partial charge < -0.3 is 21.1 Å². The van der Waals surface area contributed by atoms with Crippen molar-refractivity contribution in [3.63, 3.8) is 0 Å². The molecular formula is C8H8BrN3O2. The van der Waals surface area contributed by atoms with Crippen molar-refractivity contribution in [2.75, 3.05) is 6.79 Å². The molecule has 0 fully saturated rings. The van der Waals surface area contributed by atoms with Gasteiger partial charge in [0.05, 0.1) is 4.47 Å². The number of hydrazone groups is 1. The van der Waals surface area contributed by atoms with E-state index in [1.165, 1.54) is 0 Å². The van der Waals surface area contributed by atoms with E-state index in [-0.39, 0.29) is 12.6 Å². The van der Waals surface area contributed by atoms with Gasteiger partial charge in [-0.1, -0.05) is 0 Å². The molecule has 0 radical (unpaired) electrons. The predicted molar refractivity (Wildman–Crippen MR) is 55.2 cm³/mol. The Hall–Kier alpha value is -1.43. The highest BCUT2D eigenvalue weighted by molar-refractivity contribution is 9.10. The number of nitrogens with two attached hydrogens (primary N) is 2. The molecule has 0 amide bonds. The van der Waals surface area contributed by atoms with Crippen LogP contribution in [0.15, 0.2) is 21.7 Å². The van der Waals surface area contributed by atoms with Crippen molar-refractivity contribution in [1.29, 1.82) is 0 Å². The molecule has 0 aromatic heterocycles. The van der Waals surface area contributed by atoms with Crippen molar-refractivity contribution < 1.29 is 9.47 Å². The Labute approximate surface area is 88.8 Å². The van der Waals surface area contributed by atoms with Crippen molar-refractivity contribution >= 4 is 21.8 Å². The third-order valence-corrected chi connectivity index (χ3v) is 2.45. The van der Waals surface area contributed by atoms with Crippen LogP contribution in [0.4, 0.5) is 0 Å². The first kappa shape index (κ1) is 9.14. The molecule has 6 heteroatoms. The molecule has 1 aliphatic rings. The molecule has 0 unspecified atom stereocenters. The zero-order valence-corrected chi connectivity index (χ0v) is 8.74. The lowest BCUT2D eigenvalue weighted by Gasteiger charge is -2.03. The molecule has 1 aromatic carbocycles. The minimum Gasteiger partial charge on any atom is -0.454 e. The van der Waals surface area contributed by atoms with E-state index < -0.39 is 0 Å². The second-order valence-corrected chi connectivity index (χ2v) is 3.56. The zero-order valence-electron chi connectivity index (χ0n) is 7.16. The average Bonchev–Trinajstić information content (AvgIpc) is 2.64. The van der Waals surface area contributed by atoms with Crippen molar-refractivity contribution in [1.82, 2.24) is 0 Å². The van der Waals surface area contributed by atoms with E-state index in [0.29, 0.717) is 17.1 Å². The molecule has 74 valence electrons. The van der Waals surface area contributed by atoms with Crippen LogP contribution < -0.4 is 21.1 Å². The number of benzene rings is 1. The Balaban J connectivity index is 2.52. The summed E-state index contributed by atoms with van der Waals surface area (Å²) in [6, 6.07) is 3.51. The number of hydrogen-bond donors (Lipinski definition) is 2. The molecule has 0 saturated carbocycles. The van der Waals surface area contributed by atoms with Gasteiger partial charge >= 0.3 is 0 Å². The highest BCUT2D eigenvalue weighted by Gasteiger charge is 2.18. The van der Waals surface area contributed by atoms with Crippen LogP contribution >= 0.6 is 15.9 Å². The fourth-order valence-electron chi connectivity index (χ4n) is 1.19. The summed E-state index contributed by atoms with van der Waals surface area (Å²) in [7, 11) is 0. The Morgan fingerprint density at radius 1 is 1.43 bits per heavy atom. The molecule has 4 N–H and O–H groups in total. The minimum atomic E-state index is 0.219. The second-order valence-electron chi connectivity index (χ2n) is 2.71. The van der Waals surface area contributed by atoms with Gasteiger partial charge in [-0.25, -0.2) is 0 Å². The normalized spacial score (nSPS) is 14.5. The van der Waals surface area contributed by atoms with Crippen LogP contribution in [0.5, 0.6) is 11.5 Å². The van der Waals surface area contributed by atoms with Gasteiger partial charge in [-0.15, -0.1) is 0 Å². The Morgan fingerprint density at radius 3 is 2.93 bits per heavy atom. The number of fused-ring (bicyclic) bond motifs is 1. The lowest BCUT2D eigenvalue weighted by atomic mass is 10.2. The molecule has 0 aliphatic carbocycles. The smallest absolute Gasteiger partial charge is 0.231 e. The van der Waals surface area contributed by atoms with E-state index in [2.05, 4.69) is 21.0 Å². The molecule has 1 heterocycles. The summed E-state index contributed by atoms with van der Waals surface area (Å²) in [5.74, 6) is 6.65. The van der Waals surface area contributed by atoms with Gasteiger partial charge in [0.2, 0.25) is 6.79 Å². The van der Waals surface area contributed by atoms with E-state index >= 15 is 0 Å². The lowest BCUT2D eigenvalue weighted by Crippen LogP contribution is -2.15.